The summed E-state index contributed by atoms with van der Waals surface area (Å²) in [6, 6.07) is 12.0. The van der Waals surface area contributed by atoms with Gasteiger partial charge in [0.1, 0.15) is 5.82 Å². The summed E-state index contributed by atoms with van der Waals surface area (Å²) in [5, 5.41) is 3.53. The van der Waals surface area contributed by atoms with Crippen molar-refractivity contribution in [2.24, 2.45) is 5.92 Å². The van der Waals surface area contributed by atoms with Crippen LogP contribution in [0.3, 0.4) is 0 Å². The van der Waals surface area contributed by atoms with Crippen molar-refractivity contribution in [3.05, 3.63) is 65.2 Å². The van der Waals surface area contributed by atoms with Gasteiger partial charge in [-0.1, -0.05) is 52.0 Å². The van der Waals surface area contributed by atoms with E-state index >= 15 is 0 Å². The average Bonchev–Trinajstić information content (AvgIpc) is 2.49. The summed E-state index contributed by atoms with van der Waals surface area (Å²) in [6.45, 7) is 9.46. The molecule has 0 aliphatic carbocycles. The molecule has 1 N–H and O–H groups in total. The summed E-state index contributed by atoms with van der Waals surface area (Å²) in [6.07, 6.45) is 1.28. The van der Waals surface area contributed by atoms with Crippen LogP contribution < -0.4 is 5.32 Å². The first-order valence-electron chi connectivity index (χ1n) is 7.91. The first-order valence-corrected chi connectivity index (χ1v) is 7.91. The van der Waals surface area contributed by atoms with Gasteiger partial charge in [-0.05, 0) is 35.1 Å². The Morgan fingerprint density at radius 3 is 2.18 bits per heavy atom. The number of nitrogens with zero attached hydrogens (tertiary/aromatic N) is 1. The van der Waals surface area contributed by atoms with E-state index in [9.17, 15) is 4.39 Å². The van der Waals surface area contributed by atoms with Crippen molar-refractivity contribution >= 4 is 0 Å². The van der Waals surface area contributed by atoms with Gasteiger partial charge < -0.3 is 5.32 Å². The van der Waals surface area contributed by atoms with Crippen LogP contribution in [0.1, 0.15) is 56.5 Å². The normalized spacial score (nSPS) is 12.9. The molecule has 1 aromatic carbocycles. The van der Waals surface area contributed by atoms with Crippen LogP contribution >= 0.6 is 0 Å². The molecule has 3 heteroatoms. The van der Waals surface area contributed by atoms with Gasteiger partial charge in [-0.15, -0.1) is 0 Å². The highest BCUT2D eigenvalue weighted by atomic mass is 19.1. The summed E-state index contributed by atoms with van der Waals surface area (Å²) >= 11 is 0. The summed E-state index contributed by atoms with van der Waals surface area (Å²) < 4.78 is 13.0. The van der Waals surface area contributed by atoms with Gasteiger partial charge in [-0.2, -0.15) is 0 Å². The van der Waals surface area contributed by atoms with Crippen LogP contribution in [0, 0.1) is 11.7 Å². The number of rotatable bonds is 6. The van der Waals surface area contributed by atoms with Crippen LogP contribution in [-0.2, 0) is 6.54 Å². The van der Waals surface area contributed by atoms with Crippen molar-refractivity contribution in [3.63, 3.8) is 0 Å². The van der Waals surface area contributed by atoms with Gasteiger partial charge in [0.15, 0.2) is 0 Å². The number of hydrogen-bond acceptors (Lipinski definition) is 2. The minimum atomic E-state index is -0.296. The van der Waals surface area contributed by atoms with Gasteiger partial charge in [0.05, 0.1) is 17.9 Å². The lowest BCUT2D eigenvalue weighted by Gasteiger charge is -2.22. The van der Waals surface area contributed by atoms with Crippen molar-refractivity contribution in [2.45, 2.75) is 46.2 Å². The predicted octanol–water partition coefficient (Wildman–Crippen LogP) is 4.83. The molecule has 1 atom stereocenters. The number of halogens is 1. The molecule has 0 saturated carbocycles. The molecule has 0 aliphatic rings. The Labute approximate surface area is 132 Å². The number of hydrogen-bond donors (Lipinski definition) is 1. The van der Waals surface area contributed by atoms with Crippen molar-refractivity contribution < 1.29 is 4.39 Å². The zero-order valence-corrected chi connectivity index (χ0v) is 13.8. The Kier molecular flexibility index (Phi) is 5.67. The summed E-state index contributed by atoms with van der Waals surface area (Å²) in [4.78, 5) is 4.21. The lowest BCUT2D eigenvalue weighted by atomic mass is 9.99. The number of pyridine rings is 1. The van der Waals surface area contributed by atoms with Crippen molar-refractivity contribution in [3.8, 4) is 0 Å². The Bertz CT molecular complexity index is 573. The molecule has 0 spiro atoms. The molecule has 2 nitrogen and oxygen atoms in total. The Hall–Kier alpha value is -1.74. The molecule has 2 aromatic rings. The van der Waals surface area contributed by atoms with E-state index in [1.54, 1.807) is 6.07 Å². The van der Waals surface area contributed by atoms with E-state index < -0.39 is 0 Å². The third-order valence-electron chi connectivity index (χ3n) is 3.91. The fourth-order valence-corrected chi connectivity index (χ4v) is 2.50. The SMILES string of the molecule is CC(C)c1ccc(CN[C@@H](c2ccc(F)cn2)C(C)C)cc1. The van der Waals surface area contributed by atoms with E-state index in [1.165, 1.54) is 23.4 Å². The fraction of sp³-hybridized carbons (Fsp3) is 0.421. The van der Waals surface area contributed by atoms with Crippen LogP contribution in [0.4, 0.5) is 4.39 Å². The highest BCUT2D eigenvalue weighted by molar-refractivity contribution is 5.24. The summed E-state index contributed by atoms with van der Waals surface area (Å²) in [7, 11) is 0. The van der Waals surface area contributed by atoms with Crippen molar-refractivity contribution in [2.75, 3.05) is 0 Å². The van der Waals surface area contributed by atoms with E-state index in [0.717, 1.165) is 12.2 Å². The molecule has 1 aromatic heterocycles. The zero-order chi connectivity index (χ0) is 16.1. The molecule has 0 fully saturated rings. The van der Waals surface area contributed by atoms with Gasteiger partial charge >= 0.3 is 0 Å². The van der Waals surface area contributed by atoms with Gasteiger partial charge in [0, 0.05) is 6.54 Å². The number of nitrogens with one attached hydrogen (secondary N) is 1. The van der Waals surface area contributed by atoms with Crippen molar-refractivity contribution in [1.82, 2.24) is 10.3 Å². The Morgan fingerprint density at radius 2 is 1.68 bits per heavy atom. The third-order valence-corrected chi connectivity index (χ3v) is 3.91. The van der Waals surface area contributed by atoms with Crippen LogP contribution in [-0.4, -0.2) is 4.98 Å². The fourth-order valence-electron chi connectivity index (χ4n) is 2.50. The lowest BCUT2D eigenvalue weighted by Crippen LogP contribution is -2.26. The molecule has 2 rings (SSSR count). The monoisotopic (exact) mass is 300 g/mol. The molecular formula is C19H25FN2. The standard InChI is InChI=1S/C19H25FN2/c1-13(2)16-7-5-15(6-8-16)11-22-19(14(3)4)18-10-9-17(20)12-21-18/h5-10,12-14,19,22H,11H2,1-4H3/t19-/m1/s1. The average molecular weight is 300 g/mol. The lowest BCUT2D eigenvalue weighted by molar-refractivity contribution is 0.401. The zero-order valence-electron chi connectivity index (χ0n) is 13.8. The van der Waals surface area contributed by atoms with Gasteiger partial charge in [-0.25, -0.2) is 4.39 Å². The van der Waals surface area contributed by atoms with Crippen LogP contribution in [0.15, 0.2) is 42.6 Å². The molecule has 0 bridgehead atoms. The highest BCUT2D eigenvalue weighted by Gasteiger charge is 2.16. The molecule has 0 amide bonds. The van der Waals surface area contributed by atoms with E-state index in [0.29, 0.717) is 11.8 Å². The van der Waals surface area contributed by atoms with Crippen LogP contribution in [0.5, 0.6) is 0 Å². The largest absolute Gasteiger partial charge is 0.304 e. The second-order valence-electron chi connectivity index (χ2n) is 6.40. The molecule has 22 heavy (non-hydrogen) atoms. The topological polar surface area (TPSA) is 24.9 Å². The van der Waals surface area contributed by atoms with Gasteiger partial charge in [0.25, 0.3) is 0 Å². The summed E-state index contributed by atoms with van der Waals surface area (Å²) in [5.74, 6) is 0.636. The first kappa shape index (κ1) is 16.6. The van der Waals surface area contributed by atoms with Gasteiger partial charge in [-0.3, -0.25) is 4.98 Å². The van der Waals surface area contributed by atoms with E-state index in [4.69, 9.17) is 0 Å². The molecule has 0 radical (unpaired) electrons. The Balaban J connectivity index is 2.04. The molecular weight excluding hydrogens is 275 g/mol. The molecule has 0 saturated heterocycles. The van der Waals surface area contributed by atoms with Gasteiger partial charge in [0.2, 0.25) is 0 Å². The smallest absolute Gasteiger partial charge is 0.141 e. The van der Waals surface area contributed by atoms with E-state index in [-0.39, 0.29) is 11.9 Å². The maximum atomic E-state index is 13.0. The second-order valence-corrected chi connectivity index (χ2v) is 6.40. The number of aromatic nitrogens is 1. The minimum absolute atomic E-state index is 0.116. The van der Waals surface area contributed by atoms with E-state index in [2.05, 4.69) is 62.3 Å². The third kappa shape index (κ3) is 4.38. The summed E-state index contributed by atoms with van der Waals surface area (Å²) in [5.41, 5.74) is 3.48. The predicted molar refractivity (Wildman–Crippen MR) is 89.1 cm³/mol. The maximum Gasteiger partial charge on any atom is 0.141 e. The molecule has 0 aliphatic heterocycles. The second kappa shape index (κ2) is 7.50. The maximum absolute atomic E-state index is 13.0. The first-order chi connectivity index (χ1) is 10.5. The molecule has 1 heterocycles. The van der Waals surface area contributed by atoms with Crippen LogP contribution in [0.25, 0.3) is 0 Å². The molecule has 0 unspecified atom stereocenters. The van der Waals surface area contributed by atoms with Crippen LogP contribution in [0.2, 0.25) is 0 Å². The quantitative estimate of drug-likeness (QED) is 0.826. The van der Waals surface area contributed by atoms with E-state index in [1.807, 2.05) is 0 Å². The number of benzene rings is 1. The Morgan fingerprint density at radius 1 is 1.00 bits per heavy atom. The minimum Gasteiger partial charge on any atom is -0.304 e. The van der Waals surface area contributed by atoms with Crippen molar-refractivity contribution in [1.29, 1.82) is 0 Å². The molecule has 118 valence electrons. The highest BCUT2D eigenvalue weighted by Crippen LogP contribution is 2.21.